The Hall–Kier alpha value is -2.11. The Balaban J connectivity index is 2.23. The van der Waals surface area contributed by atoms with E-state index in [1.807, 2.05) is 12.1 Å². The van der Waals surface area contributed by atoms with E-state index in [4.69, 9.17) is 5.11 Å². The van der Waals surface area contributed by atoms with Gasteiger partial charge >= 0.3 is 12.0 Å². The number of nitrogens with zero attached hydrogens (tertiary/aromatic N) is 1. The molecule has 2 amide bonds. The van der Waals surface area contributed by atoms with Crippen LogP contribution in [0, 0.1) is 0 Å². The summed E-state index contributed by atoms with van der Waals surface area (Å²) in [6.45, 7) is 2.11. The van der Waals surface area contributed by atoms with Crippen LogP contribution in [0.3, 0.4) is 0 Å². The number of urea groups is 1. The van der Waals surface area contributed by atoms with Crippen LogP contribution in [-0.2, 0) is 11.3 Å². The zero-order chi connectivity index (χ0) is 13.4. The molecule has 1 heterocycles. The number of hydrogen-bond donors (Lipinski definition) is 3. The first kappa shape index (κ1) is 14.0. The summed E-state index contributed by atoms with van der Waals surface area (Å²) in [4.78, 5) is 25.9. The number of pyridine rings is 1. The van der Waals surface area contributed by atoms with Gasteiger partial charge in [-0.2, -0.15) is 0 Å². The van der Waals surface area contributed by atoms with Gasteiger partial charge in [-0.15, -0.1) is 0 Å². The lowest BCUT2D eigenvalue weighted by Gasteiger charge is -2.13. The lowest BCUT2D eigenvalue weighted by atomic mass is 10.2. The molecule has 0 saturated heterocycles. The van der Waals surface area contributed by atoms with Crippen molar-refractivity contribution < 1.29 is 14.7 Å². The molecule has 3 N–H and O–H groups in total. The van der Waals surface area contributed by atoms with Gasteiger partial charge < -0.3 is 15.7 Å². The number of rotatable bonds is 6. The lowest BCUT2D eigenvalue weighted by molar-refractivity contribution is -0.137. The second-order valence-electron chi connectivity index (χ2n) is 3.98. The minimum Gasteiger partial charge on any atom is -0.481 e. The number of hydrogen-bond acceptors (Lipinski definition) is 3. The van der Waals surface area contributed by atoms with Crippen LogP contribution in [-0.4, -0.2) is 28.1 Å². The van der Waals surface area contributed by atoms with Gasteiger partial charge in [0.1, 0.15) is 0 Å². The number of aromatic nitrogens is 1. The monoisotopic (exact) mass is 251 g/mol. The van der Waals surface area contributed by atoms with Crippen molar-refractivity contribution >= 4 is 12.0 Å². The first-order valence-electron chi connectivity index (χ1n) is 5.74. The van der Waals surface area contributed by atoms with Crippen molar-refractivity contribution in [1.82, 2.24) is 15.6 Å². The number of carbonyl (C=O) groups excluding carboxylic acids is 1. The smallest absolute Gasteiger partial charge is 0.315 e. The van der Waals surface area contributed by atoms with Crippen molar-refractivity contribution in [3.63, 3.8) is 0 Å². The fraction of sp³-hybridized carbons (Fsp3) is 0.417. The summed E-state index contributed by atoms with van der Waals surface area (Å²) in [5, 5.41) is 13.8. The molecule has 1 aromatic rings. The number of aliphatic carboxylic acids is 1. The van der Waals surface area contributed by atoms with Crippen LogP contribution in [0.25, 0.3) is 0 Å². The summed E-state index contributed by atoms with van der Waals surface area (Å²) >= 11 is 0. The van der Waals surface area contributed by atoms with Crippen LogP contribution in [0.1, 0.15) is 25.5 Å². The summed E-state index contributed by atoms with van der Waals surface area (Å²) < 4.78 is 0. The van der Waals surface area contributed by atoms with Crippen molar-refractivity contribution in [2.24, 2.45) is 0 Å². The maximum absolute atomic E-state index is 11.5. The van der Waals surface area contributed by atoms with Crippen LogP contribution < -0.4 is 10.6 Å². The van der Waals surface area contributed by atoms with Crippen molar-refractivity contribution in [1.29, 1.82) is 0 Å². The highest BCUT2D eigenvalue weighted by Gasteiger charge is 2.08. The summed E-state index contributed by atoms with van der Waals surface area (Å²) in [5.41, 5.74) is 0.769. The van der Waals surface area contributed by atoms with E-state index in [2.05, 4.69) is 15.6 Å². The Morgan fingerprint density at radius 2 is 2.22 bits per heavy atom. The van der Waals surface area contributed by atoms with E-state index in [-0.39, 0.29) is 18.5 Å². The Bertz CT molecular complexity index is 395. The quantitative estimate of drug-likeness (QED) is 0.707. The fourth-order valence-corrected chi connectivity index (χ4v) is 1.36. The van der Waals surface area contributed by atoms with Crippen LogP contribution >= 0.6 is 0 Å². The molecular weight excluding hydrogens is 234 g/mol. The van der Waals surface area contributed by atoms with E-state index in [1.165, 1.54) is 0 Å². The largest absolute Gasteiger partial charge is 0.481 e. The molecule has 6 heteroatoms. The molecular formula is C12H17N3O3. The third-order valence-corrected chi connectivity index (χ3v) is 2.32. The molecule has 0 saturated carbocycles. The van der Waals surface area contributed by atoms with E-state index in [0.717, 1.165) is 5.69 Å². The molecule has 18 heavy (non-hydrogen) atoms. The second-order valence-corrected chi connectivity index (χ2v) is 3.98. The summed E-state index contributed by atoms with van der Waals surface area (Å²) in [6, 6.07) is 4.96. The molecule has 0 aliphatic rings. The van der Waals surface area contributed by atoms with Crippen LogP contribution in [0.2, 0.25) is 0 Å². The number of amides is 2. The predicted octanol–water partition coefficient (Wildman–Crippen LogP) is 1.13. The maximum Gasteiger partial charge on any atom is 0.315 e. The first-order chi connectivity index (χ1) is 8.58. The number of carboxylic acid groups (broad SMARTS) is 1. The molecule has 0 aliphatic heterocycles. The van der Waals surface area contributed by atoms with Crippen molar-refractivity contribution in [3.8, 4) is 0 Å². The van der Waals surface area contributed by atoms with Gasteiger partial charge in [-0.05, 0) is 25.5 Å². The average Bonchev–Trinajstić information content (AvgIpc) is 2.35. The third-order valence-electron chi connectivity index (χ3n) is 2.32. The van der Waals surface area contributed by atoms with Crippen molar-refractivity contribution in [2.75, 3.05) is 0 Å². The first-order valence-corrected chi connectivity index (χ1v) is 5.74. The van der Waals surface area contributed by atoms with Gasteiger partial charge in [0.05, 0.1) is 12.2 Å². The summed E-state index contributed by atoms with van der Waals surface area (Å²) in [5.74, 6) is -0.863. The van der Waals surface area contributed by atoms with E-state index in [9.17, 15) is 9.59 Å². The van der Waals surface area contributed by atoms with E-state index < -0.39 is 5.97 Å². The molecule has 6 nitrogen and oxygen atoms in total. The minimum absolute atomic E-state index is 0.0433. The van der Waals surface area contributed by atoms with Crippen molar-refractivity contribution in [2.45, 2.75) is 32.4 Å². The second kappa shape index (κ2) is 7.26. The summed E-state index contributed by atoms with van der Waals surface area (Å²) in [7, 11) is 0. The highest BCUT2D eigenvalue weighted by Crippen LogP contribution is 1.96. The number of carbonyl (C=O) groups is 2. The van der Waals surface area contributed by atoms with Crippen LogP contribution in [0.4, 0.5) is 4.79 Å². The Labute approximate surface area is 105 Å². The van der Waals surface area contributed by atoms with Crippen LogP contribution in [0.15, 0.2) is 24.4 Å². The molecule has 0 aliphatic carbocycles. The Morgan fingerprint density at radius 1 is 1.44 bits per heavy atom. The van der Waals surface area contributed by atoms with Gasteiger partial charge in [0, 0.05) is 18.7 Å². The molecule has 1 rings (SSSR count). The number of nitrogens with one attached hydrogen (secondary N) is 2. The molecule has 0 aromatic carbocycles. The maximum atomic E-state index is 11.5. The van der Waals surface area contributed by atoms with Gasteiger partial charge in [-0.1, -0.05) is 6.07 Å². The minimum atomic E-state index is -0.863. The van der Waals surface area contributed by atoms with Gasteiger partial charge in [-0.3, -0.25) is 9.78 Å². The molecule has 0 fully saturated rings. The van der Waals surface area contributed by atoms with Crippen LogP contribution in [0.5, 0.6) is 0 Å². The molecule has 0 spiro atoms. The SMILES string of the molecule is CC(CCC(=O)O)NC(=O)NCc1ccccn1. The lowest BCUT2D eigenvalue weighted by Crippen LogP contribution is -2.40. The summed E-state index contributed by atoms with van der Waals surface area (Å²) in [6.07, 6.45) is 2.11. The molecule has 0 radical (unpaired) electrons. The standard InChI is InChI=1S/C12H17N3O3/c1-9(5-6-11(16)17)15-12(18)14-8-10-4-2-3-7-13-10/h2-4,7,9H,5-6,8H2,1H3,(H,16,17)(H2,14,15,18). The zero-order valence-electron chi connectivity index (χ0n) is 10.2. The molecule has 1 atom stereocenters. The third kappa shape index (κ3) is 5.83. The van der Waals surface area contributed by atoms with Gasteiger partial charge in [-0.25, -0.2) is 4.79 Å². The normalized spacial score (nSPS) is 11.6. The Morgan fingerprint density at radius 3 is 2.83 bits per heavy atom. The fourth-order valence-electron chi connectivity index (χ4n) is 1.36. The van der Waals surface area contributed by atoms with Gasteiger partial charge in [0.2, 0.25) is 0 Å². The topological polar surface area (TPSA) is 91.3 Å². The predicted molar refractivity (Wildman–Crippen MR) is 65.9 cm³/mol. The van der Waals surface area contributed by atoms with Crippen molar-refractivity contribution in [3.05, 3.63) is 30.1 Å². The molecule has 1 aromatic heterocycles. The zero-order valence-corrected chi connectivity index (χ0v) is 10.2. The van der Waals surface area contributed by atoms with Gasteiger partial charge in [0.25, 0.3) is 0 Å². The molecule has 1 unspecified atom stereocenters. The molecule has 0 bridgehead atoms. The van der Waals surface area contributed by atoms with E-state index in [1.54, 1.807) is 19.2 Å². The average molecular weight is 251 g/mol. The highest BCUT2D eigenvalue weighted by molar-refractivity contribution is 5.74. The Kier molecular flexibility index (Phi) is 5.63. The number of carboxylic acids is 1. The van der Waals surface area contributed by atoms with E-state index >= 15 is 0 Å². The van der Waals surface area contributed by atoms with Gasteiger partial charge in [0.15, 0.2) is 0 Å². The highest BCUT2D eigenvalue weighted by atomic mass is 16.4. The molecule has 98 valence electrons. The van der Waals surface area contributed by atoms with E-state index in [0.29, 0.717) is 13.0 Å².